The van der Waals surface area contributed by atoms with Crippen LogP contribution in [0.25, 0.3) is 0 Å². The number of rotatable bonds is 2. The number of halogens is 1. The van der Waals surface area contributed by atoms with E-state index in [1.54, 1.807) is 0 Å². The van der Waals surface area contributed by atoms with Crippen molar-refractivity contribution in [1.82, 2.24) is 4.90 Å². The lowest BCUT2D eigenvalue weighted by molar-refractivity contribution is -0.122. The van der Waals surface area contributed by atoms with E-state index in [4.69, 9.17) is 0 Å². The largest absolute Gasteiger partial charge is 0.308 e. The molecule has 1 amide bonds. The molecule has 1 aromatic rings. The molecule has 2 fully saturated rings. The molecule has 1 aromatic carbocycles. The van der Waals surface area contributed by atoms with Crippen molar-refractivity contribution in [2.45, 2.75) is 44.7 Å². The first-order valence-electron chi connectivity index (χ1n) is 7.39. The van der Waals surface area contributed by atoms with Gasteiger partial charge in [-0.05, 0) is 51.4 Å². The van der Waals surface area contributed by atoms with Crippen LogP contribution in [-0.2, 0) is 4.79 Å². The van der Waals surface area contributed by atoms with Crippen molar-refractivity contribution >= 4 is 24.0 Å². The first-order chi connectivity index (χ1) is 9.27. The Kier molecular flexibility index (Phi) is 5.06. The van der Waals surface area contributed by atoms with Gasteiger partial charge in [-0.3, -0.25) is 9.69 Å². The van der Waals surface area contributed by atoms with Gasteiger partial charge in [-0.2, -0.15) is 0 Å². The van der Waals surface area contributed by atoms with E-state index >= 15 is 0 Å². The maximum atomic E-state index is 12.7. The highest BCUT2D eigenvalue weighted by atomic mass is 35.5. The number of carbonyl (C=O) groups excluding carboxylic acids is 1. The van der Waals surface area contributed by atoms with Gasteiger partial charge in [0.15, 0.2) is 0 Å². The minimum atomic E-state index is 0. The highest BCUT2D eigenvalue weighted by Gasteiger charge is 2.41. The van der Waals surface area contributed by atoms with Crippen molar-refractivity contribution < 1.29 is 4.79 Å². The Morgan fingerprint density at radius 2 is 1.70 bits per heavy atom. The molecule has 0 spiro atoms. The monoisotopic (exact) mass is 294 g/mol. The molecule has 2 saturated heterocycles. The summed E-state index contributed by atoms with van der Waals surface area (Å²) in [6.07, 6.45) is 4.76. The predicted molar refractivity (Wildman–Crippen MR) is 84.5 cm³/mol. The van der Waals surface area contributed by atoms with Crippen molar-refractivity contribution in [3.05, 3.63) is 30.3 Å². The molecule has 0 unspecified atom stereocenters. The van der Waals surface area contributed by atoms with Gasteiger partial charge < -0.3 is 4.90 Å². The molecule has 0 saturated carbocycles. The van der Waals surface area contributed by atoms with Crippen LogP contribution >= 0.6 is 12.4 Å². The quantitative estimate of drug-likeness (QED) is 0.837. The second-order valence-electron chi connectivity index (χ2n) is 5.74. The zero-order valence-corrected chi connectivity index (χ0v) is 12.8. The fraction of sp³-hybridized carbons (Fsp3) is 0.562. The fourth-order valence-corrected chi connectivity index (χ4v) is 3.41. The first-order valence-corrected chi connectivity index (χ1v) is 7.39. The van der Waals surface area contributed by atoms with E-state index in [1.807, 2.05) is 35.2 Å². The molecule has 4 heteroatoms. The van der Waals surface area contributed by atoms with E-state index < -0.39 is 0 Å². The number of hydrogen-bond donors (Lipinski definition) is 0. The standard InChI is InChI=1S/C16H22N2O.ClH/c1-13-12-15(17-10-6-3-7-11-17)16(19)18(13)14-8-4-2-5-9-14;/h2,4-5,8-9,13,15H,3,6-7,10-12H2,1H3;1H/t13-,15+;/m0./s1. The fourth-order valence-electron chi connectivity index (χ4n) is 3.41. The van der Waals surface area contributed by atoms with Crippen LogP contribution in [0.5, 0.6) is 0 Å². The van der Waals surface area contributed by atoms with Crippen LogP contribution in [0.15, 0.2) is 30.3 Å². The van der Waals surface area contributed by atoms with Gasteiger partial charge in [0.2, 0.25) is 5.91 Å². The topological polar surface area (TPSA) is 23.6 Å². The highest BCUT2D eigenvalue weighted by Crippen LogP contribution is 2.30. The van der Waals surface area contributed by atoms with E-state index in [0.717, 1.165) is 25.2 Å². The molecule has 0 radical (unpaired) electrons. The summed E-state index contributed by atoms with van der Waals surface area (Å²) in [4.78, 5) is 17.1. The molecule has 3 nitrogen and oxygen atoms in total. The van der Waals surface area contributed by atoms with Crippen molar-refractivity contribution in [2.24, 2.45) is 0 Å². The molecule has 20 heavy (non-hydrogen) atoms. The summed E-state index contributed by atoms with van der Waals surface area (Å²) in [5.41, 5.74) is 1.04. The molecule has 0 aromatic heterocycles. The Labute approximate surface area is 127 Å². The number of piperidine rings is 1. The van der Waals surface area contributed by atoms with Gasteiger partial charge in [0.05, 0.1) is 6.04 Å². The molecule has 3 rings (SSSR count). The third kappa shape index (κ3) is 2.84. The Balaban J connectivity index is 0.00000147. The normalized spacial score (nSPS) is 27.4. The first kappa shape index (κ1) is 15.3. The zero-order valence-electron chi connectivity index (χ0n) is 12.0. The maximum Gasteiger partial charge on any atom is 0.244 e. The third-order valence-corrected chi connectivity index (χ3v) is 4.39. The average Bonchev–Trinajstić information content (AvgIpc) is 2.76. The molecule has 2 aliphatic heterocycles. The van der Waals surface area contributed by atoms with Crippen LogP contribution in [0.1, 0.15) is 32.6 Å². The van der Waals surface area contributed by atoms with Crippen molar-refractivity contribution in [3.63, 3.8) is 0 Å². The minimum Gasteiger partial charge on any atom is -0.308 e. The van der Waals surface area contributed by atoms with Crippen molar-refractivity contribution in [1.29, 1.82) is 0 Å². The molecular formula is C16H23ClN2O. The Morgan fingerprint density at radius 3 is 2.35 bits per heavy atom. The number of anilines is 1. The number of likely N-dealkylation sites (tertiary alicyclic amines) is 1. The van der Waals surface area contributed by atoms with Crippen LogP contribution in [0.4, 0.5) is 5.69 Å². The molecule has 0 aliphatic carbocycles. The van der Waals surface area contributed by atoms with Gasteiger partial charge in [0.25, 0.3) is 0 Å². The number of benzene rings is 1. The van der Waals surface area contributed by atoms with Gasteiger partial charge in [-0.25, -0.2) is 0 Å². The lowest BCUT2D eigenvalue weighted by Gasteiger charge is -2.31. The second-order valence-corrected chi connectivity index (χ2v) is 5.74. The van der Waals surface area contributed by atoms with Crippen LogP contribution < -0.4 is 4.90 Å². The molecule has 0 N–H and O–H groups in total. The highest BCUT2D eigenvalue weighted by molar-refractivity contribution is 6.00. The molecule has 0 bridgehead atoms. The predicted octanol–water partition coefficient (Wildman–Crippen LogP) is 3.09. The number of nitrogens with zero attached hydrogens (tertiary/aromatic N) is 2. The minimum absolute atomic E-state index is 0. The Hall–Kier alpha value is -1.06. The number of hydrogen-bond acceptors (Lipinski definition) is 2. The Morgan fingerprint density at radius 1 is 1.05 bits per heavy atom. The Bertz CT molecular complexity index is 445. The molecular weight excluding hydrogens is 272 g/mol. The number of para-hydroxylation sites is 1. The molecule has 2 aliphatic rings. The summed E-state index contributed by atoms with van der Waals surface area (Å²) in [5.74, 6) is 0.292. The van der Waals surface area contributed by atoms with Gasteiger partial charge >= 0.3 is 0 Å². The lowest BCUT2D eigenvalue weighted by atomic mass is 10.1. The van der Waals surface area contributed by atoms with E-state index in [2.05, 4.69) is 11.8 Å². The SMILES string of the molecule is C[C@H]1C[C@@H](N2CCCCC2)C(=O)N1c1ccccc1.Cl. The van der Waals surface area contributed by atoms with Gasteiger partial charge in [0, 0.05) is 11.7 Å². The second kappa shape index (κ2) is 6.59. The summed E-state index contributed by atoms with van der Waals surface area (Å²) in [6.45, 7) is 4.34. The van der Waals surface area contributed by atoms with Gasteiger partial charge in [0.1, 0.15) is 0 Å². The summed E-state index contributed by atoms with van der Waals surface area (Å²) >= 11 is 0. The zero-order chi connectivity index (χ0) is 13.2. The van der Waals surface area contributed by atoms with Gasteiger partial charge in [-0.15, -0.1) is 12.4 Å². The van der Waals surface area contributed by atoms with Gasteiger partial charge in [-0.1, -0.05) is 24.6 Å². The molecule has 110 valence electrons. The van der Waals surface area contributed by atoms with E-state index in [0.29, 0.717) is 11.9 Å². The van der Waals surface area contributed by atoms with E-state index in [-0.39, 0.29) is 18.4 Å². The average molecular weight is 295 g/mol. The summed E-state index contributed by atoms with van der Waals surface area (Å²) in [6, 6.07) is 10.5. The summed E-state index contributed by atoms with van der Waals surface area (Å²) in [5, 5.41) is 0. The van der Waals surface area contributed by atoms with E-state index in [1.165, 1.54) is 19.3 Å². The summed E-state index contributed by atoms with van der Waals surface area (Å²) < 4.78 is 0. The van der Waals surface area contributed by atoms with Crippen LogP contribution in [-0.4, -0.2) is 36.0 Å². The van der Waals surface area contributed by atoms with E-state index in [9.17, 15) is 4.79 Å². The maximum absolute atomic E-state index is 12.7. The summed E-state index contributed by atoms with van der Waals surface area (Å²) in [7, 11) is 0. The lowest BCUT2D eigenvalue weighted by Crippen LogP contribution is -2.44. The third-order valence-electron chi connectivity index (χ3n) is 4.39. The van der Waals surface area contributed by atoms with Crippen molar-refractivity contribution in [2.75, 3.05) is 18.0 Å². The van der Waals surface area contributed by atoms with Crippen LogP contribution in [0, 0.1) is 0 Å². The number of amides is 1. The van der Waals surface area contributed by atoms with Crippen LogP contribution in [0.3, 0.4) is 0 Å². The number of carbonyl (C=O) groups is 1. The molecule has 2 heterocycles. The molecule has 2 atom stereocenters. The smallest absolute Gasteiger partial charge is 0.244 e. The van der Waals surface area contributed by atoms with Crippen LogP contribution in [0.2, 0.25) is 0 Å². The van der Waals surface area contributed by atoms with Crippen molar-refractivity contribution in [3.8, 4) is 0 Å².